The van der Waals surface area contributed by atoms with Crippen molar-refractivity contribution in [2.45, 2.75) is 13.5 Å². The number of hydrogen-bond acceptors (Lipinski definition) is 4. The van der Waals surface area contributed by atoms with E-state index < -0.39 is 23.1 Å². The van der Waals surface area contributed by atoms with Gasteiger partial charge >= 0.3 is 5.69 Å². The topological polar surface area (TPSA) is 66.9 Å². The van der Waals surface area contributed by atoms with E-state index in [4.69, 9.17) is 4.74 Å². The quantitative estimate of drug-likeness (QED) is 0.502. The summed E-state index contributed by atoms with van der Waals surface area (Å²) in [7, 11) is 1.67. The maximum atomic E-state index is 14.5. The van der Waals surface area contributed by atoms with Crippen LogP contribution in [0, 0.1) is 24.4 Å². The first-order chi connectivity index (χ1) is 14.3. The van der Waals surface area contributed by atoms with Gasteiger partial charge in [-0.25, -0.2) is 22.6 Å². The summed E-state index contributed by atoms with van der Waals surface area (Å²) in [5.74, 6) is -1.96. The zero-order valence-corrected chi connectivity index (χ0v) is 16.0. The number of hydrogen-bond donors (Lipinski definition) is 0. The first-order valence-electron chi connectivity index (χ1n) is 8.89. The molecule has 0 amide bonds. The molecule has 4 aromatic rings. The summed E-state index contributed by atoms with van der Waals surface area (Å²) in [6, 6.07) is 8.98. The molecule has 0 saturated heterocycles. The molecular weight excluding hydrogens is 399 g/mol. The van der Waals surface area contributed by atoms with Crippen LogP contribution in [0.2, 0.25) is 0 Å². The number of halogens is 3. The molecule has 154 valence electrons. The zero-order valence-electron chi connectivity index (χ0n) is 16.0. The van der Waals surface area contributed by atoms with Gasteiger partial charge in [0.15, 0.2) is 11.6 Å². The SMILES string of the molecule is Cc1cc(Oc2ccc(-n3ncn(Cc4c(F)cccc4F)c3=O)cc2F)n(C)n1. The Balaban J connectivity index is 1.61. The number of aryl methyl sites for hydroxylation is 2. The largest absolute Gasteiger partial charge is 0.436 e. The van der Waals surface area contributed by atoms with Crippen LogP contribution >= 0.6 is 0 Å². The van der Waals surface area contributed by atoms with Gasteiger partial charge in [-0.2, -0.15) is 14.9 Å². The molecular formula is C20H16F3N5O2. The minimum absolute atomic E-state index is 0.0531. The van der Waals surface area contributed by atoms with Crippen molar-refractivity contribution in [3.05, 3.63) is 88.0 Å². The highest BCUT2D eigenvalue weighted by molar-refractivity contribution is 5.39. The fourth-order valence-corrected chi connectivity index (χ4v) is 2.97. The van der Waals surface area contributed by atoms with Gasteiger partial charge in [0.25, 0.3) is 0 Å². The molecule has 0 radical (unpaired) electrons. The first kappa shape index (κ1) is 19.5. The van der Waals surface area contributed by atoms with Crippen LogP contribution in [0.3, 0.4) is 0 Å². The molecule has 2 aromatic heterocycles. The third-order valence-electron chi connectivity index (χ3n) is 4.46. The fourth-order valence-electron chi connectivity index (χ4n) is 2.97. The van der Waals surface area contributed by atoms with Crippen LogP contribution < -0.4 is 10.4 Å². The van der Waals surface area contributed by atoms with Crippen molar-refractivity contribution in [3.8, 4) is 17.3 Å². The summed E-state index contributed by atoms with van der Waals surface area (Å²) in [6.07, 6.45) is 1.13. The third kappa shape index (κ3) is 3.59. The van der Waals surface area contributed by atoms with Gasteiger partial charge in [0.2, 0.25) is 5.88 Å². The summed E-state index contributed by atoms with van der Waals surface area (Å²) in [4.78, 5) is 12.6. The molecule has 0 N–H and O–H groups in total. The maximum absolute atomic E-state index is 14.5. The summed E-state index contributed by atoms with van der Waals surface area (Å²) < 4.78 is 51.2. The Kier molecular flexibility index (Phi) is 4.90. The molecule has 0 saturated carbocycles. The second-order valence-electron chi connectivity index (χ2n) is 6.62. The molecule has 10 heteroatoms. The van der Waals surface area contributed by atoms with Crippen LogP contribution in [0.15, 0.2) is 53.6 Å². The molecule has 2 heterocycles. The van der Waals surface area contributed by atoms with E-state index in [-0.39, 0.29) is 23.5 Å². The lowest BCUT2D eigenvalue weighted by Gasteiger charge is -2.08. The number of rotatable bonds is 5. The highest BCUT2D eigenvalue weighted by atomic mass is 19.1. The van der Waals surface area contributed by atoms with Crippen LogP contribution in [-0.2, 0) is 13.6 Å². The lowest BCUT2D eigenvalue weighted by atomic mass is 10.2. The molecule has 0 aliphatic carbocycles. The molecule has 0 aliphatic heterocycles. The van der Waals surface area contributed by atoms with E-state index in [1.54, 1.807) is 20.0 Å². The average molecular weight is 415 g/mol. The van der Waals surface area contributed by atoms with Crippen LogP contribution in [0.1, 0.15) is 11.3 Å². The Bertz CT molecular complexity index is 1270. The van der Waals surface area contributed by atoms with Gasteiger partial charge in [-0.3, -0.25) is 4.57 Å². The molecule has 0 spiro atoms. The summed E-state index contributed by atoms with van der Waals surface area (Å²) in [5.41, 5.74) is -0.0831. The fraction of sp³-hybridized carbons (Fsp3) is 0.150. The van der Waals surface area contributed by atoms with Crippen molar-refractivity contribution >= 4 is 0 Å². The van der Waals surface area contributed by atoms with Crippen molar-refractivity contribution in [3.63, 3.8) is 0 Å². The molecule has 30 heavy (non-hydrogen) atoms. The molecule has 0 aliphatic rings. The first-order valence-corrected chi connectivity index (χ1v) is 8.89. The van der Waals surface area contributed by atoms with Crippen molar-refractivity contribution < 1.29 is 17.9 Å². The van der Waals surface area contributed by atoms with E-state index in [0.29, 0.717) is 11.6 Å². The Labute approximate surface area is 168 Å². The second-order valence-corrected chi connectivity index (χ2v) is 6.62. The highest BCUT2D eigenvalue weighted by Gasteiger charge is 2.15. The molecule has 7 nitrogen and oxygen atoms in total. The van der Waals surface area contributed by atoms with Crippen molar-refractivity contribution in [2.75, 3.05) is 0 Å². The van der Waals surface area contributed by atoms with E-state index in [0.717, 1.165) is 33.8 Å². The zero-order chi connectivity index (χ0) is 21.4. The smallest absolute Gasteiger partial charge is 0.350 e. The van der Waals surface area contributed by atoms with Gasteiger partial charge in [0, 0.05) is 24.7 Å². The van der Waals surface area contributed by atoms with Crippen molar-refractivity contribution in [1.82, 2.24) is 24.1 Å². The van der Waals surface area contributed by atoms with Crippen molar-refractivity contribution in [2.24, 2.45) is 7.05 Å². The van der Waals surface area contributed by atoms with Crippen molar-refractivity contribution in [1.29, 1.82) is 0 Å². The molecule has 0 unspecified atom stereocenters. The third-order valence-corrected chi connectivity index (χ3v) is 4.46. The van der Waals surface area contributed by atoms with Crippen LogP contribution in [0.5, 0.6) is 11.6 Å². The van der Waals surface area contributed by atoms with E-state index in [1.165, 1.54) is 22.9 Å². The lowest BCUT2D eigenvalue weighted by molar-refractivity contribution is 0.403. The Morgan fingerprint density at radius 2 is 1.77 bits per heavy atom. The molecule has 0 bridgehead atoms. The lowest BCUT2D eigenvalue weighted by Crippen LogP contribution is -2.24. The number of benzene rings is 2. The monoisotopic (exact) mass is 415 g/mol. The maximum Gasteiger partial charge on any atom is 0.350 e. The number of aromatic nitrogens is 5. The van der Waals surface area contributed by atoms with E-state index in [2.05, 4.69) is 10.2 Å². The molecule has 4 rings (SSSR count). The van der Waals surface area contributed by atoms with Gasteiger partial charge in [0.05, 0.1) is 17.9 Å². The summed E-state index contributed by atoms with van der Waals surface area (Å²) >= 11 is 0. The van der Waals surface area contributed by atoms with Gasteiger partial charge in [-0.15, -0.1) is 0 Å². The van der Waals surface area contributed by atoms with Crippen LogP contribution in [0.25, 0.3) is 5.69 Å². The van der Waals surface area contributed by atoms with Gasteiger partial charge in [0.1, 0.15) is 18.0 Å². The average Bonchev–Trinajstić information content (AvgIpc) is 3.21. The van der Waals surface area contributed by atoms with E-state index >= 15 is 0 Å². The van der Waals surface area contributed by atoms with Gasteiger partial charge < -0.3 is 4.74 Å². The van der Waals surface area contributed by atoms with E-state index in [1.807, 2.05) is 0 Å². The standard InChI is InChI=1S/C20H16F3N5O2/c1-12-8-19(26(2)25-12)30-18-7-6-13(9-17(18)23)28-20(29)27(11-24-28)10-14-15(21)4-3-5-16(14)22/h3-9,11H,10H2,1-2H3. The predicted molar refractivity (Wildman–Crippen MR) is 101 cm³/mol. The normalized spacial score (nSPS) is 11.1. The van der Waals surface area contributed by atoms with Gasteiger partial charge in [-0.1, -0.05) is 6.07 Å². The van der Waals surface area contributed by atoms with Crippen LogP contribution in [0.4, 0.5) is 13.2 Å². The highest BCUT2D eigenvalue weighted by Crippen LogP contribution is 2.26. The molecule has 0 fully saturated rings. The summed E-state index contributed by atoms with van der Waals surface area (Å²) in [6.45, 7) is 1.43. The number of ether oxygens (including phenoxy) is 1. The second kappa shape index (κ2) is 7.54. The predicted octanol–water partition coefficient (Wildman–Crippen LogP) is 3.33. The van der Waals surface area contributed by atoms with Crippen LogP contribution in [-0.4, -0.2) is 24.1 Å². The Morgan fingerprint density at radius 3 is 2.40 bits per heavy atom. The molecule has 0 atom stereocenters. The Morgan fingerprint density at radius 1 is 1.03 bits per heavy atom. The Hall–Kier alpha value is -3.82. The van der Waals surface area contributed by atoms with E-state index in [9.17, 15) is 18.0 Å². The minimum atomic E-state index is -0.771. The number of nitrogens with zero attached hydrogens (tertiary/aromatic N) is 5. The molecule has 2 aromatic carbocycles. The van der Waals surface area contributed by atoms with Gasteiger partial charge in [-0.05, 0) is 31.2 Å². The minimum Gasteiger partial charge on any atom is -0.436 e. The summed E-state index contributed by atoms with van der Waals surface area (Å²) in [5, 5.41) is 8.04.